The van der Waals surface area contributed by atoms with Crippen LogP contribution in [0.2, 0.25) is 0 Å². The Morgan fingerprint density at radius 3 is 2.47 bits per heavy atom. The fourth-order valence-corrected chi connectivity index (χ4v) is 4.43. The zero-order valence-electron chi connectivity index (χ0n) is 16.1. The number of benzene rings is 2. The van der Waals surface area contributed by atoms with Gasteiger partial charge < -0.3 is 9.30 Å². The van der Waals surface area contributed by atoms with Gasteiger partial charge in [0.1, 0.15) is 12.4 Å². The van der Waals surface area contributed by atoms with Crippen molar-refractivity contribution in [2.45, 2.75) is 13.5 Å². The molecule has 1 aliphatic rings. The summed E-state index contributed by atoms with van der Waals surface area (Å²) in [6.07, 6.45) is 0. The number of para-hydroxylation sites is 1. The van der Waals surface area contributed by atoms with E-state index in [2.05, 4.69) is 4.99 Å². The smallest absolute Gasteiger partial charge is 0.268 e. The number of imide groups is 1. The summed E-state index contributed by atoms with van der Waals surface area (Å²) >= 11 is 1.16. The van der Waals surface area contributed by atoms with Gasteiger partial charge in [-0.1, -0.05) is 29.5 Å². The molecule has 0 N–H and O–H groups in total. The minimum Gasteiger partial charge on any atom is -0.380 e. The standard InChI is InChI=1S/C21H18FN3O4S/c1-2-29-11-10-24-18-15(22)8-5-9-16(18)30-21(24)23-17(26)12-25-19(27)13-6-3-4-7-14(13)20(25)28/h3-9H,2,10-12H2,1H3. The first-order chi connectivity index (χ1) is 14.5. The van der Waals surface area contributed by atoms with Crippen LogP contribution in [0.1, 0.15) is 27.6 Å². The van der Waals surface area contributed by atoms with Crippen LogP contribution in [0.15, 0.2) is 47.5 Å². The predicted molar refractivity (Wildman–Crippen MR) is 109 cm³/mol. The Morgan fingerprint density at radius 2 is 1.80 bits per heavy atom. The molecule has 0 radical (unpaired) electrons. The summed E-state index contributed by atoms with van der Waals surface area (Å²) in [6.45, 7) is 2.53. The number of halogens is 1. The summed E-state index contributed by atoms with van der Waals surface area (Å²) in [5.74, 6) is -2.13. The highest BCUT2D eigenvalue weighted by Crippen LogP contribution is 2.23. The van der Waals surface area contributed by atoms with Gasteiger partial charge in [0.15, 0.2) is 4.80 Å². The second-order valence-electron chi connectivity index (χ2n) is 6.57. The first-order valence-electron chi connectivity index (χ1n) is 9.39. The molecular weight excluding hydrogens is 409 g/mol. The summed E-state index contributed by atoms with van der Waals surface area (Å²) in [7, 11) is 0. The monoisotopic (exact) mass is 427 g/mol. The SMILES string of the molecule is CCOCCn1c(=NC(=O)CN2C(=O)c3ccccc3C2=O)sc2cccc(F)c21. The van der Waals surface area contributed by atoms with E-state index in [-0.39, 0.29) is 15.9 Å². The molecule has 2 heterocycles. The molecule has 3 amide bonds. The van der Waals surface area contributed by atoms with Gasteiger partial charge in [-0.15, -0.1) is 0 Å². The quantitative estimate of drug-likeness (QED) is 0.447. The first-order valence-corrected chi connectivity index (χ1v) is 10.2. The number of aromatic nitrogens is 1. The van der Waals surface area contributed by atoms with E-state index in [9.17, 15) is 18.8 Å². The number of fused-ring (bicyclic) bond motifs is 2. The highest BCUT2D eigenvalue weighted by Gasteiger charge is 2.36. The van der Waals surface area contributed by atoms with Crippen LogP contribution in [0, 0.1) is 5.82 Å². The Bertz CT molecular complexity index is 1200. The largest absolute Gasteiger partial charge is 0.380 e. The topological polar surface area (TPSA) is 81.0 Å². The van der Waals surface area contributed by atoms with Crippen LogP contribution < -0.4 is 4.80 Å². The average Bonchev–Trinajstić information content (AvgIpc) is 3.20. The molecule has 0 unspecified atom stereocenters. The molecule has 0 atom stereocenters. The fourth-order valence-electron chi connectivity index (χ4n) is 3.34. The number of hydrogen-bond donors (Lipinski definition) is 0. The number of nitrogens with zero attached hydrogens (tertiary/aromatic N) is 3. The van der Waals surface area contributed by atoms with Crippen LogP contribution in [0.4, 0.5) is 4.39 Å². The van der Waals surface area contributed by atoms with E-state index in [1.807, 2.05) is 6.92 Å². The molecule has 0 saturated carbocycles. The molecule has 2 aromatic carbocycles. The van der Waals surface area contributed by atoms with Gasteiger partial charge in [0, 0.05) is 13.2 Å². The van der Waals surface area contributed by atoms with Gasteiger partial charge in [-0.05, 0) is 31.2 Å². The van der Waals surface area contributed by atoms with Gasteiger partial charge in [0.05, 0.1) is 28.0 Å². The van der Waals surface area contributed by atoms with Crippen molar-refractivity contribution in [2.75, 3.05) is 19.8 Å². The van der Waals surface area contributed by atoms with E-state index in [1.165, 1.54) is 6.07 Å². The highest BCUT2D eigenvalue weighted by atomic mass is 32.1. The van der Waals surface area contributed by atoms with Gasteiger partial charge in [0.25, 0.3) is 17.7 Å². The van der Waals surface area contributed by atoms with Crippen molar-refractivity contribution in [2.24, 2.45) is 4.99 Å². The van der Waals surface area contributed by atoms with Crippen LogP contribution in [-0.2, 0) is 16.1 Å². The Hall–Kier alpha value is -3.17. The molecule has 0 bridgehead atoms. The molecule has 0 saturated heterocycles. The fraction of sp³-hybridized carbons (Fsp3) is 0.238. The minimum absolute atomic E-state index is 0.269. The molecule has 0 spiro atoms. The lowest BCUT2D eigenvalue weighted by Crippen LogP contribution is -2.35. The molecule has 1 aromatic heterocycles. The molecular formula is C21H18FN3O4S. The zero-order chi connectivity index (χ0) is 21.3. The molecule has 4 rings (SSSR count). The third kappa shape index (κ3) is 3.57. The van der Waals surface area contributed by atoms with Crippen LogP contribution in [0.25, 0.3) is 10.2 Å². The van der Waals surface area contributed by atoms with Crippen molar-refractivity contribution in [3.63, 3.8) is 0 Å². The maximum Gasteiger partial charge on any atom is 0.268 e. The first kappa shape index (κ1) is 20.1. The van der Waals surface area contributed by atoms with E-state index in [1.54, 1.807) is 41.0 Å². The Kier molecular flexibility index (Phi) is 5.56. The molecule has 30 heavy (non-hydrogen) atoms. The van der Waals surface area contributed by atoms with E-state index in [0.717, 1.165) is 16.2 Å². The van der Waals surface area contributed by atoms with Crippen LogP contribution in [-0.4, -0.2) is 46.9 Å². The minimum atomic E-state index is -0.665. The molecule has 1 aliphatic heterocycles. The lowest BCUT2D eigenvalue weighted by molar-refractivity contribution is -0.118. The van der Waals surface area contributed by atoms with Gasteiger partial charge in [-0.3, -0.25) is 19.3 Å². The summed E-state index contributed by atoms with van der Waals surface area (Å²) in [5, 5.41) is 0. The van der Waals surface area contributed by atoms with Crippen LogP contribution in [0.3, 0.4) is 0 Å². The van der Waals surface area contributed by atoms with Crippen molar-refractivity contribution >= 4 is 39.3 Å². The van der Waals surface area contributed by atoms with Crippen molar-refractivity contribution in [1.82, 2.24) is 9.47 Å². The van der Waals surface area contributed by atoms with Gasteiger partial charge in [-0.25, -0.2) is 4.39 Å². The number of ether oxygens (including phenoxy) is 1. The number of carbonyl (C=O) groups excluding carboxylic acids is 3. The second kappa shape index (κ2) is 8.29. The Labute approximate surface area is 175 Å². The number of amides is 3. The number of hydrogen-bond acceptors (Lipinski definition) is 5. The Morgan fingerprint density at radius 1 is 1.10 bits per heavy atom. The number of rotatable bonds is 6. The number of thiazole rings is 1. The lowest BCUT2D eigenvalue weighted by Gasteiger charge is -2.10. The van der Waals surface area contributed by atoms with Crippen molar-refractivity contribution in [3.8, 4) is 0 Å². The molecule has 7 nitrogen and oxygen atoms in total. The third-order valence-electron chi connectivity index (χ3n) is 4.71. The van der Waals surface area contributed by atoms with E-state index in [0.29, 0.717) is 30.0 Å². The zero-order valence-corrected chi connectivity index (χ0v) is 16.9. The average molecular weight is 427 g/mol. The summed E-state index contributed by atoms with van der Waals surface area (Å²) in [6, 6.07) is 11.1. The second-order valence-corrected chi connectivity index (χ2v) is 7.58. The van der Waals surface area contributed by atoms with Crippen molar-refractivity contribution in [3.05, 3.63) is 64.2 Å². The van der Waals surface area contributed by atoms with E-state index >= 15 is 0 Å². The van der Waals surface area contributed by atoms with Crippen molar-refractivity contribution < 1.29 is 23.5 Å². The van der Waals surface area contributed by atoms with E-state index < -0.39 is 30.1 Å². The summed E-state index contributed by atoms with van der Waals surface area (Å²) in [4.78, 5) is 42.8. The normalized spacial score (nSPS) is 14.1. The lowest BCUT2D eigenvalue weighted by atomic mass is 10.1. The highest BCUT2D eigenvalue weighted by molar-refractivity contribution is 7.16. The molecule has 154 valence electrons. The molecule has 0 fully saturated rings. The predicted octanol–water partition coefficient (Wildman–Crippen LogP) is 2.60. The van der Waals surface area contributed by atoms with Gasteiger partial charge in [-0.2, -0.15) is 4.99 Å². The van der Waals surface area contributed by atoms with E-state index in [4.69, 9.17) is 4.74 Å². The van der Waals surface area contributed by atoms with Crippen molar-refractivity contribution in [1.29, 1.82) is 0 Å². The maximum atomic E-state index is 14.4. The molecule has 0 aliphatic carbocycles. The molecule has 3 aromatic rings. The van der Waals surface area contributed by atoms with Gasteiger partial charge >= 0.3 is 0 Å². The maximum absolute atomic E-state index is 14.4. The third-order valence-corrected chi connectivity index (χ3v) is 5.75. The van der Waals surface area contributed by atoms with Crippen LogP contribution >= 0.6 is 11.3 Å². The van der Waals surface area contributed by atoms with Gasteiger partial charge in [0.2, 0.25) is 0 Å². The molecule has 9 heteroatoms. The Balaban J connectivity index is 1.65. The summed E-state index contributed by atoms with van der Waals surface area (Å²) < 4.78 is 22.0. The number of carbonyl (C=O) groups is 3. The van der Waals surface area contributed by atoms with Crippen LogP contribution in [0.5, 0.6) is 0 Å². The summed E-state index contributed by atoms with van der Waals surface area (Å²) in [5.41, 5.74) is 0.881.